The van der Waals surface area contributed by atoms with E-state index in [1.807, 2.05) is 27.7 Å². The van der Waals surface area contributed by atoms with E-state index >= 15 is 0 Å². The fourth-order valence-corrected chi connectivity index (χ4v) is 0.546. The molecule has 0 fully saturated rings. The SMILES string of the molecule is C=C(C)N=C(N)C(C)=C(C)C. The largest absolute Gasteiger partial charge is 0.383 e. The Labute approximate surface area is 68.5 Å². The van der Waals surface area contributed by atoms with Crippen LogP contribution in [0, 0.1) is 0 Å². The van der Waals surface area contributed by atoms with Gasteiger partial charge < -0.3 is 5.73 Å². The monoisotopic (exact) mass is 152 g/mol. The highest BCUT2D eigenvalue weighted by molar-refractivity contribution is 5.97. The predicted octanol–water partition coefficient (Wildman–Crippen LogP) is 2.23. The van der Waals surface area contributed by atoms with Crippen molar-refractivity contribution in [2.45, 2.75) is 27.7 Å². The maximum absolute atomic E-state index is 5.65. The number of nitrogens with zero attached hydrogens (tertiary/aromatic N) is 1. The van der Waals surface area contributed by atoms with Crippen LogP contribution in [0.1, 0.15) is 27.7 Å². The van der Waals surface area contributed by atoms with Crippen LogP contribution in [0.2, 0.25) is 0 Å². The molecule has 0 aromatic heterocycles. The Hall–Kier alpha value is -1.05. The van der Waals surface area contributed by atoms with Gasteiger partial charge in [-0.15, -0.1) is 0 Å². The molecule has 11 heavy (non-hydrogen) atoms. The Morgan fingerprint density at radius 3 is 1.91 bits per heavy atom. The van der Waals surface area contributed by atoms with E-state index in [1.165, 1.54) is 5.57 Å². The summed E-state index contributed by atoms with van der Waals surface area (Å²) in [7, 11) is 0. The van der Waals surface area contributed by atoms with E-state index in [0.717, 1.165) is 11.3 Å². The number of allylic oxidation sites excluding steroid dienone is 2. The van der Waals surface area contributed by atoms with E-state index in [4.69, 9.17) is 5.73 Å². The average molecular weight is 152 g/mol. The zero-order chi connectivity index (χ0) is 9.02. The molecule has 0 unspecified atom stereocenters. The van der Waals surface area contributed by atoms with E-state index in [-0.39, 0.29) is 0 Å². The molecule has 0 bridgehead atoms. The first kappa shape index (κ1) is 9.95. The van der Waals surface area contributed by atoms with E-state index in [9.17, 15) is 0 Å². The van der Waals surface area contributed by atoms with E-state index in [2.05, 4.69) is 11.6 Å². The predicted molar refractivity (Wildman–Crippen MR) is 50.5 cm³/mol. The van der Waals surface area contributed by atoms with Gasteiger partial charge in [-0.3, -0.25) is 0 Å². The lowest BCUT2D eigenvalue weighted by Crippen LogP contribution is -2.13. The third kappa shape index (κ3) is 3.61. The second-order valence-electron chi connectivity index (χ2n) is 2.86. The number of rotatable bonds is 2. The second-order valence-corrected chi connectivity index (χ2v) is 2.86. The van der Waals surface area contributed by atoms with Gasteiger partial charge in [0, 0.05) is 5.70 Å². The third-order valence-corrected chi connectivity index (χ3v) is 1.45. The van der Waals surface area contributed by atoms with Crippen LogP contribution in [-0.4, -0.2) is 5.84 Å². The number of amidine groups is 1. The molecular weight excluding hydrogens is 136 g/mol. The smallest absolute Gasteiger partial charge is 0.126 e. The van der Waals surface area contributed by atoms with Crippen molar-refractivity contribution >= 4 is 5.84 Å². The van der Waals surface area contributed by atoms with Crippen molar-refractivity contribution in [2.75, 3.05) is 0 Å². The zero-order valence-electron chi connectivity index (χ0n) is 7.73. The normalized spacial score (nSPS) is 11.1. The van der Waals surface area contributed by atoms with Crippen LogP contribution < -0.4 is 5.73 Å². The van der Waals surface area contributed by atoms with Gasteiger partial charge in [-0.05, 0) is 33.3 Å². The van der Waals surface area contributed by atoms with Crippen LogP contribution in [0.5, 0.6) is 0 Å². The number of hydrogen-bond donors (Lipinski definition) is 1. The standard InChI is InChI=1S/C9H16N2/c1-6(2)8(5)9(10)11-7(3)4/h3H2,1-2,4-5H3,(H2,10,11). The van der Waals surface area contributed by atoms with Crippen LogP contribution in [0.15, 0.2) is 28.4 Å². The van der Waals surface area contributed by atoms with Crippen molar-refractivity contribution in [3.05, 3.63) is 23.4 Å². The fourth-order valence-electron chi connectivity index (χ4n) is 0.546. The molecule has 0 aliphatic carbocycles. The molecule has 0 amide bonds. The Morgan fingerprint density at radius 2 is 1.64 bits per heavy atom. The lowest BCUT2D eigenvalue weighted by molar-refractivity contribution is 1.25. The average Bonchev–Trinajstić information content (AvgIpc) is 1.84. The topological polar surface area (TPSA) is 38.4 Å². The van der Waals surface area contributed by atoms with Crippen molar-refractivity contribution in [2.24, 2.45) is 10.7 Å². The van der Waals surface area contributed by atoms with Gasteiger partial charge in [0.25, 0.3) is 0 Å². The van der Waals surface area contributed by atoms with Crippen LogP contribution in [-0.2, 0) is 0 Å². The summed E-state index contributed by atoms with van der Waals surface area (Å²) in [5, 5.41) is 0. The number of aliphatic imine (C=N–C) groups is 1. The molecule has 0 aromatic rings. The molecule has 2 N–H and O–H groups in total. The Kier molecular flexibility index (Phi) is 3.58. The molecule has 0 saturated carbocycles. The molecule has 0 aliphatic heterocycles. The van der Waals surface area contributed by atoms with Crippen molar-refractivity contribution in [1.29, 1.82) is 0 Å². The molecule has 62 valence electrons. The molecule has 0 radical (unpaired) electrons. The van der Waals surface area contributed by atoms with Gasteiger partial charge in [-0.1, -0.05) is 12.2 Å². The summed E-state index contributed by atoms with van der Waals surface area (Å²) in [5.41, 5.74) is 8.61. The maximum Gasteiger partial charge on any atom is 0.126 e. The summed E-state index contributed by atoms with van der Waals surface area (Å²) >= 11 is 0. The summed E-state index contributed by atoms with van der Waals surface area (Å²) in [5.74, 6) is 0.567. The lowest BCUT2D eigenvalue weighted by Gasteiger charge is -2.02. The van der Waals surface area contributed by atoms with Crippen LogP contribution in [0.3, 0.4) is 0 Å². The Bertz CT molecular complexity index is 218. The van der Waals surface area contributed by atoms with Crippen LogP contribution in [0.25, 0.3) is 0 Å². The Morgan fingerprint density at radius 1 is 1.18 bits per heavy atom. The molecule has 0 heterocycles. The van der Waals surface area contributed by atoms with E-state index in [0.29, 0.717) is 5.84 Å². The second kappa shape index (κ2) is 3.96. The highest BCUT2D eigenvalue weighted by Gasteiger charge is 1.96. The first-order chi connectivity index (χ1) is 4.95. The first-order valence-corrected chi connectivity index (χ1v) is 3.59. The lowest BCUT2D eigenvalue weighted by atomic mass is 10.1. The Balaban J connectivity index is 4.63. The molecule has 0 aromatic carbocycles. The van der Waals surface area contributed by atoms with E-state index < -0.39 is 0 Å². The van der Waals surface area contributed by atoms with E-state index in [1.54, 1.807) is 0 Å². The van der Waals surface area contributed by atoms with Crippen LogP contribution in [0.4, 0.5) is 0 Å². The molecule has 0 spiro atoms. The minimum absolute atomic E-state index is 0.567. The quantitative estimate of drug-likeness (QED) is 0.478. The first-order valence-electron chi connectivity index (χ1n) is 3.59. The summed E-state index contributed by atoms with van der Waals surface area (Å²) in [6.07, 6.45) is 0. The van der Waals surface area contributed by atoms with Gasteiger partial charge in [-0.25, -0.2) is 4.99 Å². The summed E-state index contributed by atoms with van der Waals surface area (Å²) < 4.78 is 0. The highest BCUT2D eigenvalue weighted by Crippen LogP contribution is 2.03. The number of nitrogens with two attached hydrogens (primary N) is 1. The summed E-state index contributed by atoms with van der Waals surface area (Å²) in [6, 6.07) is 0. The van der Waals surface area contributed by atoms with Crippen molar-refractivity contribution < 1.29 is 0 Å². The molecule has 0 rings (SSSR count). The minimum Gasteiger partial charge on any atom is -0.383 e. The number of hydrogen-bond acceptors (Lipinski definition) is 1. The van der Waals surface area contributed by atoms with Gasteiger partial charge in [0.2, 0.25) is 0 Å². The van der Waals surface area contributed by atoms with Crippen LogP contribution >= 0.6 is 0 Å². The third-order valence-electron chi connectivity index (χ3n) is 1.45. The maximum atomic E-state index is 5.65. The zero-order valence-corrected chi connectivity index (χ0v) is 7.73. The highest BCUT2D eigenvalue weighted by atomic mass is 14.9. The van der Waals surface area contributed by atoms with Gasteiger partial charge >= 0.3 is 0 Å². The molecule has 2 nitrogen and oxygen atoms in total. The molecule has 0 atom stereocenters. The van der Waals surface area contributed by atoms with Gasteiger partial charge in [-0.2, -0.15) is 0 Å². The fraction of sp³-hybridized carbons (Fsp3) is 0.444. The van der Waals surface area contributed by atoms with Gasteiger partial charge in [0.15, 0.2) is 0 Å². The molecular formula is C9H16N2. The molecule has 0 saturated heterocycles. The summed E-state index contributed by atoms with van der Waals surface area (Å²) in [6.45, 7) is 11.4. The minimum atomic E-state index is 0.567. The van der Waals surface area contributed by atoms with Crippen molar-refractivity contribution in [3.8, 4) is 0 Å². The summed E-state index contributed by atoms with van der Waals surface area (Å²) in [4.78, 5) is 4.04. The van der Waals surface area contributed by atoms with Gasteiger partial charge in [0.05, 0.1) is 0 Å². The molecule has 2 heteroatoms. The van der Waals surface area contributed by atoms with Gasteiger partial charge in [0.1, 0.15) is 5.84 Å². The van der Waals surface area contributed by atoms with Crippen molar-refractivity contribution in [1.82, 2.24) is 0 Å². The van der Waals surface area contributed by atoms with Crippen molar-refractivity contribution in [3.63, 3.8) is 0 Å². The molecule has 0 aliphatic rings.